The minimum absolute atomic E-state index is 0.0709. The van der Waals surface area contributed by atoms with Crippen molar-refractivity contribution in [1.82, 2.24) is 20.4 Å². The Morgan fingerprint density at radius 2 is 2.14 bits per heavy atom. The summed E-state index contributed by atoms with van der Waals surface area (Å²) in [6, 6.07) is 5.47. The molecule has 0 spiro atoms. The molecule has 7 nitrogen and oxygen atoms in total. The van der Waals surface area contributed by atoms with E-state index in [1.165, 1.54) is 6.39 Å². The first-order valence-electron chi connectivity index (χ1n) is 6.55. The Morgan fingerprint density at radius 3 is 2.95 bits per heavy atom. The largest absolute Gasteiger partial charge is 0.456 e. The molecule has 7 heteroatoms. The van der Waals surface area contributed by atoms with Crippen LogP contribution in [0.2, 0.25) is 0 Å². The van der Waals surface area contributed by atoms with Gasteiger partial charge in [0, 0.05) is 5.92 Å². The van der Waals surface area contributed by atoms with Crippen molar-refractivity contribution in [2.24, 2.45) is 0 Å². The van der Waals surface area contributed by atoms with Crippen molar-refractivity contribution < 1.29 is 13.9 Å². The van der Waals surface area contributed by atoms with Crippen LogP contribution in [0.15, 0.2) is 29.0 Å². The molecule has 0 aliphatic heterocycles. The first kappa shape index (κ1) is 13.3. The van der Waals surface area contributed by atoms with Gasteiger partial charge in [0.2, 0.25) is 0 Å². The van der Waals surface area contributed by atoms with Crippen molar-refractivity contribution in [3.63, 3.8) is 0 Å². The molecule has 108 valence electrons. The highest BCUT2D eigenvalue weighted by atomic mass is 16.5. The number of H-pyrrole nitrogens is 1. The van der Waals surface area contributed by atoms with Crippen LogP contribution in [0.25, 0.3) is 11.0 Å². The third kappa shape index (κ3) is 2.62. The Kier molecular flexibility index (Phi) is 3.39. The minimum Gasteiger partial charge on any atom is -0.456 e. The van der Waals surface area contributed by atoms with E-state index in [4.69, 9.17) is 9.15 Å². The summed E-state index contributed by atoms with van der Waals surface area (Å²) in [4.78, 5) is 16.0. The number of fused-ring (bicyclic) bond motifs is 1. The lowest BCUT2D eigenvalue weighted by atomic mass is 10.1. The number of oxazole rings is 1. The molecule has 0 fully saturated rings. The zero-order valence-corrected chi connectivity index (χ0v) is 11.7. The summed E-state index contributed by atoms with van der Waals surface area (Å²) in [6.07, 6.45) is 1.26. The molecular formula is C14H14N4O3. The predicted octanol–water partition coefficient (Wildman–Crippen LogP) is 2.43. The van der Waals surface area contributed by atoms with Crippen LogP contribution >= 0.6 is 0 Å². The third-order valence-corrected chi connectivity index (χ3v) is 3.06. The molecule has 2 heterocycles. The maximum atomic E-state index is 12.0. The van der Waals surface area contributed by atoms with Crippen LogP contribution in [0.4, 0.5) is 0 Å². The quantitative estimate of drug-likeness (QED) is 0.740. The normalized spacial score (nSPS) is 11.2. The molecule has 0 aliphatic carbocycles. The van der Waals surface area contributed by atoms with E-state index in [1.807, 2.05) is 32.0 Å². The standard InChI is InChI=1S/C14H14N4O3/c1-8(2)13-12(15-7-21-13)14(19)20-6-9-3-4-10-11(5-9)17-18-16-10/h3-5,7-8H,6H2,1-2H3,(H,16,17,18). The highest BCUT2D eigenvalue weighted by molar-refractivity contribution is 5.88. The van der Waals surface area contributed by atoms with Gasteiger partial charge in [0.15, 0.2) is 12.1 Å². The number of aromatic amines is 1. The van der Waals surface area contributed by atoms with Gasteiger partial charge >= 0.3 is 5.97 Å². The molecule has 1 aromatic carbocycles. The summed E-state index contributed by atoms with van der Waals surface area (Å²) in [5, 5.41) is 10.5. The number of hydrogen-bond donors (Lipinski definition) is 1. The van der Waals surface area contributed by atoms with Crippen molar-refractivity contribution in [2.75, 3.05) is 0 Å². The van der Waals surface area contributed by atoms with Gasteiger partial charge < -0.3 is 9.15 Å². The van der Waals surface area contributed by atoms with E-state index >= 15 is 0 Å². The summed E-state index contributed by atoms with van der Waals surface area (Å²) in [5.41, 5.74) is 2.56. The van der Waals surface area contributed by atoms with E-state index in [2.05, 4.69) is 20.4 Å². The molecule has 21 heavy (non-hydrogen) atoms. The van der Waals surface area contributed by atoms with E-state index in [1.54, 1.807) is 0 Å². The fourth-order valence-electron chi connectivity index (χ4n) is 2.01. The van der Waals surface area contributed by atoms with Gasteiger partial charge in [-0.3, -0.25) is 0 Å². The monoisotopic (exact) mass is 286 g/mol. The van der Waals surface area contributed by atoms with E-state index in [0.717, 1.165) is 16.6 Å². The van der Waals surface area contributed by atoms with Gasteiger partial charge in [0.05, 0.1) is 0 Å². The van der Waals surface area contributed by atoms with Crippen LogP contribution in [0.3, 0.4) is 0 Å². The van der Waals surface area contributed by atoms with E-state index in [-0.39, 0.29) is 18.2 Å². The predicted molar refractivity (Wildman–Crippen MR) is 73.6 cm³/mol. The van der Waals surface area contributed by atoms with Gasteiger partial charge in [0.25, 0.3) is 0 Å². The molecule has 1 N–H and O–H groups in total. The summed E-state index contributed by atoms with van der Waals surface area (Å²) >= 11 is 0. The molecule has 3 rings (SSSR count). The second-order valence-corrected chi connectivity index (χ2v) is 4.94. The first-order chi connectivity index (χ1) is 10.1. The molecule has 0 amide bonds. The Bertz CT molecular complexity index is 775. The zero-order chi connectivity index (χ0) is 14.8. The number of benzene rings is 1. The van der Waals surface area contributed by atoms with E-state index < -0.39 is 5.97 Å². The van der Waals surface area contributed by atoms with Crippen LogP contribution in [0.1, 0.15) is 41.6 Å². The van der Waals surface area contributed by atoms with Crippen molar-refractivity contribution >= 4 is 17.0 Å². The van der Waals surface area contributed by atoms with Gasteiger partial charge in [-0.15, -0.1) is 0 Å². The van der Waals surface area contributed by atoms with Crippen molar-refractivity contribution in [2.45, 2.75) is 26.4 Å². The molecule has 0 saturated heterocycles. The molecule has 3 aromatic rings. The first-order valence-corrected chi connectivity index (χ1v) is 6.55. The fraction of sp³-hybridized carbons (Fsp3) is 0.286. The molecule has 0 atom stereocenters. The van der Waals surface area contributed by atoms with Crippen molar-refractivity contribution in [1.29, 1.82) is 0 Å². The van der Waals surface area contributed by atoms with Gasteiger partial charge in [0.1, 0.15) is 23.4 Å². The number of carbonyl (C=O) groups is 1. The molecule has 2 aromatic heterocycles. The number of ether oxygens (including phenoxy) is 1. The van der Waals surface area contributed by atoms with Gasteiger partial charge in [-0.25, -0.2) is 9.78 Å². The second kappa shape index (κ2) is 5.35. The van der Waals surface area contributed by atoms with Crippen LogP contribution in [-0.2, 0) is 11.3 Å². The number of nitrogens with one attached hydrogen (secondary N) is 1. The fourth-order valence-corrected chi connectivity index (χ4v) is 2.01. The zero-order valence-electron chi connectivity index (χ0n) is 11.7. The number of hydrogen-bond acceptors (Lipinski definition) is 6. The molecule has 0 radical (unpaired) electrons. The van der Waals surface area contributed by atoms with Crippen molar-refractivity contribution in [3.8, 4) is 0 Å². The summed E-state index contributed by atoms with van der Waals surface area (Å²) in [7, 11) is 0. The lowest BCUT2D eigenvalue weighted by Gasteiger charge is -2.05. The van der Waals surface area contributed by atoms with E-state index in [9.17, 15) is 4.79 Å². The number of aromatic nitrogens is 4. The lowest BCUT2D eigenvalue weighted by molar-refractivity contribution is 0.0463. The number of esters is 1. The Morgan fingerprint density at radius 1 is 1.33 bits per heavy atom. The summed E-state index contributed by atoms with van der Waals surface area (Å²) in [5.74, 6) is 0.112. The Hall–Kier alpha value is -2.70. The number of nitrogens with zero attached hydrogens (tertiary/aromatic N) is 3. The highest BCUT2D eigenvalue weighted by Crippen LogP contribution is 2.19. The molecule has 0 unspecified atom stereocenters. The summed E-state index contributed by atoms with van der Waals surface area (Å²) in [6.45, 7) is 4.00. The van der Waals surface area contributed by atoms with Gasteiger partial charge in [-0.05, 0) is 17.7 Å². The SMILES string of the molecule is CC(C)c1ocnc1C(=O)OCc1ccc2n[nH]nc2c1. The molecule has 0 saturated carbocycles. The topological polar surface area (TPSA) is 93.9 Å². The third-order valence-electron chi connectivity index (χ3n) is 3.06. The maximum Gasteiger partial charge on any atom is 0.360 e. The van der Waals surface area contributed by atoms with Crippen molar-refractivity contribution in [3.05, 3.63) is 41.6 Å². The second-order valence-electron chi connectivity index (χ2n) is 4.94. The molecular weight excluding hydrogens is 272 g/mol. The van der Waals surface area contributed by atoms with Crippen LogP contribution in [0.5, 0.6) is 0 Å². The van der Waals surface area contributed by atoms with Gasteiger partial charge in [-0.1, -0.05) is 19.9 Å². The van der Waals surface area contributed by atoms with E-state index in [0.29, 0.717) is 5.76 Å². The van der Waals surface area contributed by atoms with Crippen LogP contribution in [0, 0.1) is 0 Å². The Labute approximate surface area is 120 Å². The number of rotatable bonds is 4. The maximum absolute atomic E-state index is 12.0. The summed E-state index contributed by atoms with van der Waals surface area (Å²) < 4.78 is 10.5. The van der Waals surface area contributed by atoms with Crippen LogP contribution in [-0.4, -0.2) is 26.4 Å². The lowest BCUT2D eigenvalue weighted by Crippen LogP contribution is -2.09. The Balaban J connectivity index is 1.71. The van der Waals surface area contributed by atoms with Gasteiger partial charge in [-0.2, -0.15) is 15.4 Å². The average molecular weight is 286 g/mol. The minimum atomic E-state index is -0.493. The average Bonchev–Trinajstić information content (AvgIpc) is 3.12. The molecule has 0 aliphatic rings. The molecule has 0 bridgehead atoms. The smallest absolute Gasteiger partial charge is 0.360 e. The number of carbonyl (C=O) groups excluding carboxylic acids is 1. The van der Waals surface area contributed by atoms with Crippen LogP contribution < -0.4 is 0 Å². The highest BCUT2D eigenvalue weighted by Gasteiger charge is 2.20.